The Kier molecular flexibility index (Phi) is 4.06. The van der Waals surface area contributed by atoms with Crippen LogP contribution in [0.4, 0.5) is 4.39 Å². The number of carbonyl (C=O) groups is 1. The molecule has 1 saturated heterocycles. The van der Waals surface area contributed by atoms with Crippen molar-refractivity contribution < 1.29 is 9.18 Å². The van der Waals surface area contributed by atoms with Crippen LogP contribution >= 0.6 is 0 Å². The number of hydrogen-bond acceptors (Lipinski definition) is 2. The number of hydrogen-bond donors (Lipinski definition) is 1. The highest BCUT2D eigenvalue weighted by atomic mass is 19.1. The van der Waals surface area contributed by atoms with Gasteiger partial charge in [0.2, 0.25) is 5.91 Å². The lowest BCUT2D eigenvalue weighted by molar-refractivity contribution is -0.125. The molecule has 0 aromatic heterocycles. The second-order valence-electron chi connectivity index (χ2n) is 6.15. The molecule has 1 aliphatic carbocycles. The van der Waals surface area contributed by atoms with Crippen LogP contribution in [-0.2, 0) is 4.79 Å². The van der Waals surface area contributed by atoms with Crippen LogP contribution in [0.1, 0.15) is 24.8 Å². The molecule has 1 aromatic rings. The third kappa shape index (κ3) is 3.16. The normalized spacial score (nSPS) is 28.9. The highest BCUT2D eigenvalue weighted by Crippen LogP contribution is 2.35. The minimum atomic E-state index is -0.268. The topological polar surface area (TPSA) is 46.3 Å². The van der Waals surface area contributed by atoms with Gasteiger partial charge >= 0.3 is 0 Å². The van der Waals surface area contributed by atoms with E-state index in [2.05, 4.69) is 0 Å². The van der Waals surface area contributed by atoms with Crippen molar-refractivity contribution in [3.63, 3.8) is 0 Å². The van der Waals surface area contributed by atoms with Gasteiger partial charge in [-0.05, 0) is 48.4 Å². The molecule has 2 aliphatic rings. The molecule has 3 unspecified atom stereocenters. The van der Waals surface area contributed by atoms with E-state index in [1.165, 1.54) is 25.0 Å². The first-order chi connectivity index (χ1) is 10.1. The molecule has 1 saturated carbocycles. The van der Waals surface area contributed by atoms with Crippen LogP contribution < -0.4 is 5.73 Å². The fourth-order valence-corrected chi connectivity index (χ4v) is 3.54. The number of likely N-dealkylation sites (tertiary alicyclic amines) is 1. The Morgan fingerprint density at radius 3 is 2.71 bits per heavy atom. The second kappa shape index (κ2) is 5.98. The van der Waals surface area contributed by atoms with E-state index in [9.17, 15) is 9.18 Å². The summed E-state index contributed by atoms with van der Waals surface area (Å²) >= 11 is 0. The zero-order valence-electron chi connectivity index (χ0n) is 12.0. The fourth-order valence-electron chi connectivity index (χ4n) is 3.54. The molecule has 1 aliphatic heterocycles. The molecule has 0 spiro atoms. The van der Waals surface area contributed by atoms with Gasteiger partial charge in [0, 0.05) is 25.2 Å². The largest absolute Gasteiger partial charge is 0.339 e. The predicted octanol–water partition coefficient (Wildman–Crippen LogP) is 2.42. The summed E-state index contributed by atoms with van der Waals surface area (Å²) in [6.07, 6.45) is 6.76. The molecule has 3 nitrogen and oxygen atoms in total. The van der Waals surface area contributed by atoms with Gasteiger partial charge in [0.15, 0.2) is 0 Å². The van der Waals surface area contributed by atoms with Gasteiger partial charge in [-0.1, -0.05) is 18.6 Å². The van der Waals surface area contributed by atoms with Gasteiger partial charge in [0.1, 0.15) is 5.82 Å². The lowest BCUT2D eigenvalue weighted by atomic mass is 9.78. The Hall–Kier alpha value is -1.68. The Balaban J connectivity index is 1.62. The van der Waals surface area contributed by atoms with Gasteiger partial charge in [0.05, 0.1) is 0 Å². The van der Waals surface area contributed by atoms with Crippen molar-refractivity contribution in [3.8, 4) is 0 Å². The molecular formula is C17H21FN2O. The molecule has 2 fully saturated rings. The predicted molar refractivity (Wildman–Crippen MR) is 80.8 cm³/mol. The van der Waals surface area contributed by atoms with Crippen LogP contribution in [0.2, 0.25) is 0 Å². The summed E-state index contributed by atoms with van der Waals surface area (Å²) in [5.74, 6) is 0.788. The zero-order chi connectivity index (χ0) is 14.8. The molecule has 3 rings (SSSR count). The van der Waals surface area contributed by atoms with Crippen molar-refractivity contribution in [1.29, 1.82) is 0 Å². The van der Waals surface area contributed by atoms with Crippen LogP contribution in [0.3, 0.4) is 0 Å². The fraction of sp³-hybridized carbons (Fsp3) is 0.471. The minimum Gasteiger partial charge on any atom is -0.339 e. The first kappa shape index (κ1) is 14.3. The van der Waals surface area contributed by atoms with Gasteiger partial charge < -0.3 is 10.6 Å². The molecule has 3 atom stereocenters. The van der Waals surface area contributed by atoms with Gasteiger partial charge in [-0.15, -0.1) is 0 Å². The number of nitrogens with zero attached hydrogens (tertiary/aromatic N) is 1. The number of halogens is 1. The van der Waals surface area contributed by atoms with Gasteiger partial charge in [-0.3, -0.25) is 4.79 Å². The number of amides is 1. The lowest BCUT2D eigenvalue weighted by Gasteiger charge is -2.29. The first-order valence-electron chi connectivity index (χ1n) is 7.61. The first-order valence-corrected chi connectivity index (χ1v) is 7.61. The molecule has 1 heterocycles. The maximum absolute atomic E-state index is 12.8. The Bertz CT molecular complexity index is 540. The molecule has 4 heteroatoms. The molecule has 0 bridgehead atoms. The Morgan fingerprint density at radius 2 is 2.00 bits per heavy atom. The van der Waals surface area contributed by atoms with E-state index in [1.807, 2.05) is 4.90 Å². The van der Waals surface area contributed by atoms with Gasteiger partial charge in [-0.2, -0.15) is 0 Å². The molecule has 21 heavy (non-hydrogen) atoms. The van der Waals surface area contributed by atoms with Crippen molar-refractivity contribution in [2.75, 3.05) is 13.1 Å². The summed E-state index contributed by atoms with van der Waals surface area (Å²) in [7, 11) is 0. The van der Waals surface area contributed by atoms with E-state index < -0.39 is 0 Å². The summed E-state index contributed by atoms with van der Waals surface area (Å²) in [5, 5.41) is 0. The summed E-state index contributed by atoms with van der Waals surface area (Å²) in [6, 6.07) is 6.36. The van der Waals surface area contributed by atoms with E-state index >= 15 is 0 Å². The summed E-state index contributed by atoms with van der Waals surface area (Å²) < 4.78 is 12.8. The average molecular weight is 288 g/mol. The second-order valence-corrected chi connectivity index (χ2v) is 6.15. The summed E-state index contributed by atoms with van der Waals surface area (Å²) in [6.45, 7) is 1.60. The molecular weight excluding hydrogens is 267 g/mol. The minimum absolute atomic E-state index is 0.0286. The number of benzene rings is 1. The number of nitrogens with two attached hydrogens (primary N) is 1. The Labute approximate surface area is 124 Å². The Morgan fingerprint density at radius 1 is 1.24 bits per heavy atom. The molecule has 1 amide bonds. The molecule has 1 aromatic carbocycles. The maximum atomic E-state index is 12.8. The van der Waals surface area contributed by atoms with Crippen molar-refractivity contribution in [3.05, 3.63) is 41.7 Å². The van der Waals surface area contributed by atoms with Crippen molar-refractivity contribution >= 4 is 12.0 Å². The van der Waals surface area contributed by atoms with Crippen molar-refractivity contribution in [1.82, 2.24) is 4.90 Å². The van der Waals surface area contributed by atoms with Crippen LogP contribution in [0.25, 0.3) is 6.08 Å². The lowest BCUT2D eigenvalue weighted by Crippen LogP contribution is -2.38. The highest BCUT2D eigenvalue weighted by Gasteiger charge is 2.39. The van der Waals surface area contributed by atoms with Gasteiger partial charge in [0.25, 0.3) is 0 Å². The van der Waals surface area contributed by atoms with Crippen LogP contribution in [0.15, 0.2) is 30.3 Å². The molecule has 2 N–H and O–H groups in total. The third-order valence-corrected chi connectivity index (χ3v) is 4.75. The summed E-state index contributed by atoms with van der Waals surface area (Å²) in [5.41, 5.74) is 7.00. The van der Waals surface area contributed by atoms with Crippen LogP contribution in [0, 0.1) is 17.7 Å². The van der Waals surface area contributed by atoms with E-state index in [-0.39, 0.29) is 17.8 Å². The standard InChI is InChI=1S/C17H21FN2O/c18-14-7-4-12(5-8-14)6-9-17(21)20-10-13-2-1-3-16(19)15(13)11-20/h4-9,13,15-16H,1-3,10-11,19H2/b9-6+. The van der Waals surface area contributed by atoms with Gasteiger partial charge in [-0.25, -0.2) is 4.39 Å². The number of fused-ring (bicyclic) bond motifs is 1. The van der Waals surface area contributed by atoms with E-state index in [4.69, 9.17) is 5.73 Å². The quantitative estimate of drug-likeness (QED) is 0.850. The number of rotatable bonds is 2. The zero-order valence-corrected chi connectivity index (χ0v) is 12.0. The smallest absolute Gasteiger partial charge is 0.246 e. The molecule has 0 radical (unpaired) electrons. The van der Waals surface area contributed by atoms with Crippen LogP contribution in [0.5, 0.6) is 0 Å². The summed E-state index contributed by atoms with van der Waals surface area (Å²) in [4.78, 5) is 14.2. The van der Waals surface area contributed by atoms with Crippen molar-refractivity contribution in [2.24, 2.45) is 17.6 Å². The average Bonchev–Trinajstić information content (AvgIpc) is 2.92. The molecule has 112 valence electrons. The SMILES string of the molecule is NC1CCCC2CN(C(=O)/C=C/c3ccc(F)cc3)CC12. The van der Waals surface area contributed by atoms with E-state index in [0.717, 1.165) is 25.1 Å². The maximum Gasteiger partial charge on any atom is 0.246 e. The van der Waals surface area contributed by atoms with E-state index in [1.54, 1.807) is 24.3 Å². The van der Waals surface area contributed by atoms with E-state index in [0.29, 0.717) is 11.8 Å². The van der Waals surface area contributed by atoms with Crippen molar-refractivity contribution in [2.45, 2.75) is 25.3 Å². The number of carbonyl (C=O) groups excluding carboxylic acids is 1. The van der Waals surface area contributed by atoms with Crippen LogP contribution in [-0.4, -0.2) is 29.9 Å². The highest BCUT2D eigenvalue weighted by molar-refractivity contribution is 5.92. The monoisotopic (exact) mass is 288 g/mol. The third-order valence-electron chi connectivity index (χ3n) is 4.75.